The van der Waals surface area contributed by atoms with Crippen molar-refractivity contribution in [2.75, 3.05) is 0 Å². The van der Waals surface area contributed by atoms with E-state index in [-0.39, 0.29) is 11.5 Å². The molecule has 0 atom stereocenters. The van der Waals surface area contributed by atoms with Crippen molar-refractivity contribution in [3.63, 3.8) is 0 Å². The summed E-state index contributed by atoms with van der Waals surface area (Å²) in [6.07, 6.45) is 2.53. The van der Waals surface area contributed by atoms with E-state index in [0.29, 0.717) is 10.6 Å². The summed E-state index contributed by atoms with van der Waals surface area (Å²) in [5.41, 5.74) is 0.470. The molecule has 0 spiro atoms. The summed E-state index contributed by atoms with van der Waals surface area (Å²) >= 11 is 1.19. The Morgan fingerprint density at radius 3 is 2.83 bits per heavy atom. The van der Waals surface area contributed by atoms with E-state index >= 15 is 0 Å². The first kappa shape index (κ1) is 7.11. The van der Waals surface area contributed by atoms with E-state index < -0.39 is 0 Å². The number of aromatic amines is 1. The van der Waals surface area contributed by atoms with Crippen molar-refractivity contribution >= 4 is 11.3 Å². The number of aromatic hydroxyl groups is 2. The van der Waals surface area contributed by atoms with Gasteiger partial charge < -0.3 is 10.2 Å². The molecule has 61 valence electrons. The van der Waals surface area contributed by atoms with Gasteiger partial charge >= 0.3 is 0 Å². The molecule has 0 fully saturated rings. The number of hydrogen-bond acceptors (Lipinski definition) is 5. The second-order valence-electron chi connectivity index (χ2n) is 2.10. The Hall–Kier alpha value is -1.56. The Balaban J connectivity index is 2.55. The summed E-state index contributed by atoms with van der Waals surface area (Å²) in [7, 11) is 0. The van der Waals surface area contributed by atoms with E-state index in [0.717, 1.165) is 0 Å². The molecule has 0 amide bonds. The molecule has 12 heavy (non-hydrogen) atoms. The average molecular weight is 182 g/mol. The molecule has 1 radical (unpaired) electrons. The van der Waals surface area contributed by atoms with Gasteiger partial charge in [-0.05, 0) is 0 Å². The van der Waals surface area contributed by atoms with Crippen LogP contribution >= 0.6 is 11.3 Å². The molecule has 0 saturated heterocycles. The predicted molar refractivity (Wildman–Crippen MR) is 41.9 cm³/mol. The van der Waals surface area contributed by atoms with Crippen LogP contribution in [0.15, 0.2) is 5.38 Å². The quantitative estimate of drug-likeness (QED) is 0.607. The van der Waals surface area contributed by atoms with Gasteiger partial charge in [-0.2, -0.15) is 0 Å². The van der Waals surface area contributed by atoms with Gasteiger partial charge in [-0.3, -0.25) is 5.10 Å². The van der Waals surface area contributed by atoms with E-state index in [1.165, 1.54) is 16.7 Å². The van der Waals surface area contributed by atoms with Crippen LogP contribution in [0.1, 0.15) is 0 Å². The van der Waals surface area contributed by atoms with Gasteiger partial charge in [0.05, 0.1) is 0 Å². The van der Waals surface area contributed by atoms with Gasteiger partial charge in [0, 0.05) is 5.38 Å². The number of hydrogen-bond donors (Lipinski definition) is 3. The maximum Gasteiger partial charge on any atom is 0.178 e. The van der Waals surface area contributed by atoms with Gasteiger partial charge in [0.1, 0.15) is 16.8 Å². The van der Waals surface area contributed by atoms with Crippen molar-refractivity contribution in [2.45, 2.75) is 0 Å². The van der Waals surface area contributed by atoms with Crippen molar-refractivity contribution < 1.29 is 10.2 Å². The summed E-state index contributed by atoms with van der Waals surface area (Å²) in [4.78, 5) is 0.484. The Morgan fingerprint density at radius 1 is 1.50 bits per heavy atom. The van der Waals surface area contributed by atoms with Crippen molar-refractivity contribution in [1.29, 1.82) is 0 Å². The van der Waals surface area contributed by atoms with Crippen LogP contribution in [0.25, 0.3) is 10.6 Å². The standard InChI is InChI=1S/C6H4N3O2S/c10-4-2-12-6(5(4)11)3-1-7-9-8-3/h2,10-11H,(H,7,8,9). The lowest BCUT2D eigenvalue weighted by Gasteiger charge is -1.90. The molecule has 0 unspecified atom stereocenters. The van der Waals surface area contributed by atoms with Gasteiger partial charge in [0.15, 0.2) is 11.5 Å². The molecule has 0 aliphatic carbocycles. The summed E-state index contributed by atoms with van der Waals surface area (Å²) in [5.74, 6) is -0.305. The molecule has 2 aromatic rings. The lowest BCUT2D eigenvalue weighted by Crippen LogP contribution is -1.72. The van der Waals surface area contributed by atoms with E-state index in [4.69, 9.17) is 5.11 Å². The zero-order chi connectivity index (χ0) is 8.55. The van der Waals surface area contributed by atoms with E-state index in [2.05, 4.69) is 21.6 Å². The Bertz CT molecular complexity index is 381. The minimum absolute atomic E-state index is 0.141. The molecule has 5 nitrogen and oxygen atoms in total. The third kappa shape index (κ3) is 0.928. The van der Waals surface area contributed by atoms with Gasteiger partial charge in [0.25, 0.3) is 0 Å². The molecular formula is C6H4N3O2S. The highest BCUT2D eigenvalue weighted by atomic mass is 32.1. The summed E-state index contributed by atoms with van der Waals surface area (Å²) in [6.45, 7) is 0. The molecule has 3 N–H and O–H groups in total. The van der Waals surface area contributed by atoms with Crippen molar-refractivity contribution in [3.05, 3.63) is 11.6 Å². The van der Waals surface area contributed by atoms with E-state index in [1.807, 2.05) is 0 Å². The topological polar surface area (TPSA) is 82.0 Å². The highest BCUT2D eigenvalue weighted by Gasteiger charge is 2.12. The van der Waals surface area contributed by atoms with Gasteiger partial charge in [-0.25, -0.2) is 0 Å². The number of thiophene rings is 1. The Kier molecular flexibility index (Phi) is 1.47. The number of nitrogens with one attached hydrogen (secondary N) is 1. The van der Waals surface area contributed by atoms with Crippen LogP contribution in [-0.4, -0.2) is 25.6 Å². The zero-order valence-electron chi connectivity index (χ0n) is 5.77. The van der Waals surface area contributed by atoms with Crippen LogP contribution in [0.4, 0.5) is 0 Å². The van der Waals surface area contributed by atoms with Crippen LogP contribution in [0.3, 0.4) is 0 Å². The lowest BCUT2D eigenvalue weighted by atomic mass is 10.3. The Morgan fingerprint density at radius 2 is 2.33 bits per heavy atom. The first-order valence-corrected chi connectivity index (χ1v) is 3.95. The minimum Gasteiger partial charge on any atom is -0.504 e. The molecule has 6 heteroatoms. The largest absolute Gasteiger partial charge is 0.504 e. The molecular weight excluding hydrogens is 178 g/mol. The SMILES string of the molecule is Oc1csc(-c2[c]nn[nH]2)c1O. The number of H-pyrrole nitrogens is 1. The summed E-state index contributed by atoms with van der Waals surface area (Å²) < 4.78 is 0. The van der Waals surface area contributed by atoms with E-state index in [9.17, 15) is 5.11 Å². The molecule has 2 rings (SSSR count). The average Bonchev–Trinajstić information content (AvgIpc) is 2.64. The third-order valence-electron chi connectivity index (χ3n) is 1.35. The van der Waals surface area contributed by atoms with Crippen molar-refractivity contribution in [1.82, 2.24) is 15.4 Å². The zero-order valence-corrected chi connectivity index (χ0v) is 6.59. The molecule has 2 heterocycles. The summed E-state index contributed by atoms with van der Waals surface area (Å²) in [5, 5.41) is 29.1. The fraction of sp³-hybridized carbons (Fsp3) is 0. The van der Waals surface area contributed by atoms with Crippen LogP contribution in [0, 0.1) is 6.20 Å². The fourth-order valence-electron chi connectivity index (χ4n) is 0.797. The highest BCUT2D eigenvalue weighted by molar-refractivity contribution is 7.14. The molecule has 2 aromatic heterocycles. The third-order valence-corrected chi connectivity index (χ3v) is 2.32. The van der Waals surface area contributed by atoms with Gasteiger partial charge in [-0.1, -0.05) is 5.21 Å². The van der Waals surface area contributed by atoms with Gasteiger partial charge in [-0.15, -0.1) is 16.4 Å². The van der Waals surface area contributed by atoms with Crippen LogP contribution < -0.4 is 0 Å². The van der Waals surface area contributed by atoms with Crippen molar-refractivity contribution in [2.24, 2.45) is 0 Å². The first-order chi connectivity index (χ1) is 5.79. The number of rotatable bonds is 1. The molecule has 0 aromatic carbocycles. The lowest BCUT2D eigenvalue weighted by molar-refractivity contribution is 0.408. The minimum atomic E-state index is -0.165. The maximum absolute atomic E-state index is 9.27. The van der Waals surface area contributed by atoms with Crippen LogP contribution in [-0.2, 0) is 0 Å². The molecule has 0 bridgehead atoms. The van der Waals surface area contributed by atoms with Crippen LogP contribution in [0.5, 0.6) is 11.5 Å². The monoisotopic (exact) mass is 182 g/mol. The first-order valence-electron chi connectivity index (χ1n) is 3.07. The summed E-state index contributed by atoms with van der Waals surface area (Å²) in [6, 6.07) is 0. The highest BCUT2D eigenvalue weighted by Crippen LogP contribution is 2.40. The smallest absolute Gasteiger partial charge is 0.178 e. The van der Waals surface area contributed by atoms with Crippen molar-refractivity contribution in [3.8, 4) is 22.1 Å². The molecule has 0 aliphatic rings. The normalized spacial score (nSPS) is 10.3. The van der Waals surface area contributed by atoms with E-state index in [1.54, 1.807) is 0 Å². The fourth-order valence-corrected chi connectivity index (χ4v) is 1.56. The number of nitrogens with zero attached hydrogens (tertiary/aromatic N) is 2. The van der Waals surface area contributed by atoms with Gasteiger partial charge in [0.2, 0.25) is 0 Å². The maximum atomic E-state index is 9.27. The number of aromatic nitrogens is 3. The Labute approximate surface area is 71.3 Å². The second kappa shape index (κ2) is 2.49. The molecule has 0 aliphatic heterocycles. The predicted octanol–water partition coefficient (Wildman–Crippen LogP) is 0.745. The van der Waals surface area contributed by atoms with Crippen LogP contribution in [0.2, 0.25) is 0 Å². The molecule has 0 saturated carbocycles. The second-order valence-corrected chi connectivity index (χ2v) is 2.98.